The Morgan fingerprint density at radius 1 is 1.73 bits per heavy atom. The number of aromatic nitrogens is 2. The second-order valence-corrected chi connectivity index (χ2v) is 4.03. The predicted molar refractivity (Wildman–Crippen MR) is 57.0 cm³/mol. The Morgan fingerprint density at radius 2 is 2.47 bits per heavy atom. The molecule has 15 heavy (non-hydrogen) atoms. The molecule has 0 unspecified atom stereocenters. The number of nitrogens with zero attached hydrogens (tertiary/aromatic N) is 3. The van der Waals surface area contributed by atoms with E-state index in [9.17, 15) is 4.79 Å². The largest absolute Gasteiger partial charge is 0.382 e. The molecule has 0 atom stereocenters. The van der Waals surface area contributed by atoms with Gasteiger partial charge >= 0.3 is 0 Å². The van der Waals surface area contributed by atoms with E-state index in [-0.39, 0.29) is 12.5 Å². The summed E-state index contributed by atoms with van der Waals surface area (Å²) in [6.07, 6.45) is 5.21. The lowest BCUT2D eigenvalue weighted by atomic mass is 9.92. The maximum Gasteiger partial charge on any atom is 0.244 e. The monoisotopic (exact) mass is 208 g/mol. The predicted octanol–water partition coefficient (Wildman–Crippen LogP) is 0.476. The number of carbonyl (C=O) groups is 1. The van der Waals surface area contributed by atoms with E-state index < -0.39 is 0 Å². The molecule has 0 spiro atoms. The molecule has 2 rings (SSSR count). The van der Waals surface area contributed by atoms with Gasteiger partial charge in [-0.15, -0.1) is 0 Å². The van der Waals surface area contributed by atoms with Crippen LogP contribution in [0.2, 0.25) is 0 Å². The van der Waals surface area contributed by atoms with Crippen molar-refractivity contribution in [2.24, 2.45) is 0 Å². The van der Waals surface area contributed by atoms with Gasteiger partial charge in [-0.1, -0.05) is 0 Å². The van der Waals surface area contributed by atoms with E-state index in [1.807, 2.05) is 11.9 Å². The van der Waals surface area contributed by atoms with Crippen LogP contribution in [0.3, 0.4) is 0 Å². The van der Waals surface area contributed by atoms with Crippen molar-refractivity contribution in [3.05, 3.63) is 12.3 Å². The van der Waals surface area contributed by atoms with Gasteiger partial charge in [0.1, 0.15) is 12.4 Å². The van der Waals surface area contributed by atoms with Crippen LogP contribution >= 0.6 is 0 Å². The van der Waals surface area contributed by atoms with Crippen LogP contribution in [0.25, 0.3) is 0 Å². The summed E-state index contributed by atoms with van der Waals surface area (Å²) in [6.45, 7) is 0.282. The van der Waals surface area contributed by atoms with Crippen molar-refractivity contribution in [3.8, 4) is 0 Å². The van der Waals surface area contributed by atoms with Crippen molar-refractivity contribution in [3.63, 3.8) is 0 Å². The number of amides is 1. The topological polar surface area (TPSA) is 64.2 Å². The average Bonchev–Trinajstić information content (AvgIpc) is 2.48. The molecule has 1 aliphatic rings. The minimum absolute atomic E-state index is 0.0998. The Kier molecular flexibility index (Phi) is 2.62. The van der Waals surface area contributed by atoms with Crippen LogP contribution in [0.5, 0.6) is 0 Å². The molecule has 1 heterocycles. The Bertz CT molecular complexity index is 356. The molecular weight excluding hydrogens is 192 g/mol. The standard InChI is InChI=1S/C10H16N4O/c1-13(8-3-2-4-8)10(15)7-14-6-5-9(11)12-14/h5-6,8H,2-4,7H2,1H3,(H2,11,12). The smallest absolute Gasteiger partial charge is 0.244 e. The molecule has 82 valence electrons. The van der Waals surface area contributed by atoms with Gasteiger partial charge in [-0.05, 0) is 25.3 Å². The first-order valence-electron chi connectivity index (χ1n) is 5.21. The van der Waals surface area contributed by atoms with E-state index in [1.54, 1.807) is 16.9 Å². The highest BCUT2D eigenvalue weighted by Gasteiger charge is 2.25. The first-order valence-corrected chi connectivity index (χ1v) is 5.21. The van der Waals surface area contributed by atoms with Gasteiger partial charge in [-0.25, -0.2) is 0 Å². The molecule has 1 aromatic rings. The van der Waals surface area contributed by atoms with Crippen molar-refractivity contribution in [1.29, 1.82) is 0 Å². The highest BCUT2D eigenvalue weighted by Crippen LogP contribution is 2.23. The lowest BCUT2D eigenvalue weighted by molar-refractivity contribution is -0.134. The van der Waals surface area contributed by atoms with E-state index in [2.05, 4.69) is 5.10 Å². The van der Waals surface area contributed by atoms with Gasteiger partial charge in [0.2, 0.25) is 5.91 Å². The van der Waals surface area contributed by atoms with Gasteiger partial charge in [0, 0.05) is 19.3 Å². The van der Waals surface area contributed by atoms with E-state index in [0.717, 1.165) is 12.8 Å². The third-order valence-electron chi connectivity index (χ3n) is 2.97. The summed E-state index contributed by atoms with van der Waals surface area (Å²) in [5, 5.41) is 3.98. The normalized spacial score (nSPS) is 16.1. The number of likely N-dealkylation sites (N-methyl/N-ethyl adjacent to an activating group) is 1. The quantitative estimate of drug-likeness (QED) is 0.785. The van der Waals surface area contributed by atoms with E-state index in [0.29, 0.717) is 11.9 Å². The lowest BCUT2D eigenvalue weighted by Gasteiger charge is -2.34. The zero-order valence-corrected chi connectivity index (χ0v) is 8.89. The van der Waals surface area contributed by atoms with Crippen molar-refractivity contribution >= 4 is 11.7 Å². The molecule has 2 N–H and O–H groups in total. The molecule has 0 radical (unpaired) electrons. The fourth-order valence-corrected chi connectivity index (χ4v) is 1.69. The Labute approximate surface area is 88.8 Å². The number of nitrogens with two attached hydrogens (primary N) is 1. The Balaban J connectivity index is 1.91. The van der Waals surface area contributed by atoms with Crippen molar-refractivity contribution in [2.75, 3.05) is 12.8 Å². The summed E-state index contributed by atoms with van der Waals surface area (Å²) in [4.78, 5) is 13.6. The first kappa shape index (κ1) is 10.0. The fraction of sp³-hybridized carbons (Fsp3) is 0.600. The molecular formula is C10H16N4O. The third-order valence-corrected chi connectivity index (χ3v) is 2.97. The third kappa shape index (κ3) is 2.11. The molecule has 5 heteroatoms. The molecule has 0 bridgehead atoms. The van der Waals surface area contributed by atoms with E-state index in [4.69, 9.17) is 5.73 Å². The highest BCUT2D eigenvalue weighted by molar-refractivity contribution is 5.76. The summed E-state index contributed by atoms with van der Waals surface area (Å²) in [5.74, 6) is 0.553. The molecule has 0 aliphatic heterocycles. The SMILES string of the molecule is CN(C(=O)Cn1ccc(N)n1)C1CCC1. The van der Waals surface area contributed by atoms with E-state index >= 15 is 0 Å². The zero-order chi connectivity index (χ0) is 10.8. The number of anilines is 1. The zero-order valence-electron chi connectivity index (χ0n) is 8.89. The molecule has 1 fully saturated rings. The minimum Gasteiger partial charge on any atom is -0.382 e. The summed E-state index contributed by atoms with van der Waals surface area (Å²) in [6, 6.07) is 2.13. The number of rotatable bonds is 3. The van der Waals surface area contributed by atoms with Gasteiger partial charge in [0.05, 0.1) is 0 Å². The van der Waals surface area contributed by atoms with Crippen LogP contribution in [0.4, 0.5) is 5.82 Å². The summed E-state index contributed by atoms with van der Waals surface area (Å²) >= 11 is 0. The summed E-state index contributed by atoms with van der Waals surface area (Å²) in [7, 11) is 1.86. The number of hydrogen-bond donors (Lipinski definition) is 1. The number of nitrogen functional groups attached to an aromatic ring is 1. The maximum atomic E-state index is 11.8. The van der Waals surface area contributed by atoms with Gasteiger partial charge in [0.25, 0.3) is 0 Å². The molecule has 0 aromatic carbocycles. The number of carbonyl (C=O) groups excluding carboxylic acids is 1. The van der Waals surface area contributed by atoms with E-state index in [1.165, 1.54) is 6.42 Å². The molecule has 1 aromatic heterocycles. The molecule has 0 saturated heterocycles. The molecule has 1 saturated carbocycles. The summed E-state index contributed by atoms with van der Waals surface area (Å²) < 4.78 is 1.58. The average molecular weight is 208 g/mol. The molecule has 1 aliphatic carbocycles. The highest BCUT2D eigenvalue weighted by atomic mass is 16.2. The second-order valence-electron chi connectivity index (χ2n) is 4.03. The van der Waals surface area contributed by atoms with Crippen LogP contribution in [-0.4, -0.2) is 33.7 Å². The minimum atomic E-state index is 0.0998. The van der Waals surface area contributed by atoms with Gasteiger partial charge in [0.15, 0.2) is 0 Å². The van der Waals surface area contributed by atoms with Crippen LogP contribution in [0.15, 0.2) is 12.3 Å². The first-order chi connectivity index (χ1) is 7.16. The van der Waals surface area contributed by atoms with Crippen LogP contribution < -0.4 is 5.73 Å². The van der Waals surface area contributed by atoms with Gasteiger partial charge in [-0.2, -0.15) is 5.10 Å². The fourth-order valence-electron chi connectivity index (χ4n) is 1.69. The van der Waals surface area contributed by atoms with Crippen LogP contribution in [-0.2, 0) is 11.3 Å². The van der Waals surface area contributed by atoms with Gasteiger partial charge in [-0.3, -0.25) is 9.48 Å². The van der Waals surface area contributed by atoms with Crippen LogP contribution in [0, 0.1) is 0 Å². The van der Waals surface area contributed by atoms with Crippen molar-refractivity contribution in [2.45, 2.75) is 31.8 Å². The molecule has 5 nitrogen and oxygen atoms in total. The Morgan fingerprint density at radius 3 is 2.93 bits per heavy atom. The van der Waals surface area contributed by atoms with Gasteiger partial charge < -0.3 is 10.6 Å². The van der Waals surface area contributed by atoms with Crippen molar-refractivity contribution in [1.82, 2.24) is 14.7 Å². The number of hydrogen-bond acceptors (Lipinski definition) is 3. The maximum absolute atomic E-state index is 11.8. The lowest BCUT2D eigenvalue weighted by Crippen LogP contribution is -2.42. The van der Waals surface area contributed by atoms with Crippen LogP contribution in [0.1, 0.15) is 19.3 Å². The second kappa shape index (κ2) is 3.92. The molecule has 1 amide bonds. The Hall–Kier alpha value is -1.52. The van der Waals surface area contributed by atoms with Crippen molar-refractivity contribution < 1.29 is 4.79 Å². The summed E-state index contributed by atoms with van der Waals surface area (Å²) in [5.41, 5.74) is 5.47.